The van der Waals surface area contributed by atoms with Crippen LogP contribution in [0.2, 0.25) is 5.02 Å². The molecule has 1 aromatic heterocycles. The molecule has 0 fully saturated rings. The number of aromatic nitrogens is 2. The van der Waals surface area contributed by atoms with Gasteiger partial charge in [-0.2, -0.15) is 0 Å². The third kappa shape index (κ3) is 5.02. The molecule has 154 valence electrons. The molecule has 1 heterocycles. The Morgan fingerprint density at radius 2 is 1.83 bits per heavy atom. The van der Waals surface area contributed by atoms with E-state index in [2.05, 4.69) is 36.0 Å². The first kappa shape index (κ1) is 20.6. The lowest BCUT2D eigenvalue weighted by molar-refractivity contribution is -0.118. The zero-order chi connectivity index (χ0) is 21.5. The van der Waals surface area contributed by atoms with Gasteiger partial charge in [-0.25, -0.2) is 9.42 Å². The standard InChI is InChI=1S/C18H15ClN6O5/c19-11-7-4-8-12(9-11)20-15(23-29)14-16(25-30-24-14)22-17(26)13(21-18(27)28)10-5-2-1-3-6-10/h1-9,13,21,29H,(H,20,23)(H,27,28)(H,22,25,26). The molecular formula is C18H15ClN6O5. The molecule has 3 rings (SSSR count). The number of amides is 2. The van der Waals surface area contributed by atoms with Gasteiger partial charge in [0.15, 0.2) is 5.69 Å². The van der Waals surface area contributed by atoms with Gasteiger partial charge in [0.25, 0.3) is 5.91 Å². The second-order valence-corrected chi connectivity index (χ2v) is 6.26. The Bertz CT molecular complexity index is 1070. The molecule has 1 unspecified atom stereocenters. The highest BCUT2D eigenvalue weighted by atomic mass is 35.5. The van der Waals surface area contributed by atoms with E-state index >= 15 is 0 Å². The van der Waals surface area contributed by atoms with Gasteiger partial charge in [-0.15, -0.1) is 0 Å². The predicted octanol–water partition coefficient (Wildman–Crippen LogP) is 2.92. The number of hydrogen-bond acceptors (Lipinski definition) is 7. The van der Waals surface area contributed by atoms with Crippen LogP contribution in [-0.4, -0.2) is 38.5 Å². The fraction of sp³-hybridized carbons (Fsp3) is 0.0556. The van der Waals surface area contributed by atoms with Crippen molar-refractivity contribution in [1.29, 1.82) is 0 Å². The third-order valence-electron chi connectivity index (χ3n) is 3.80. The molecule has 0 aliphatic heterocycles. The number of carbonyl (C=O) groups excluding carboxylic acids is 1. The summed E-state index contributed by atoms with van der Waals surface area (Å²) < 4.78 is 4.65. The summed E-state index contributed by atoms with van der Waals surface area (Å²) in [6.07, 6.45) is -1.39. The molecule has 0 radical (unpaired) electrons. The zero-order valence-electron chi connectivity index (χ0n) is 15.1. The van der Waals surface area contributed by atoms with Crippen LogP contribution in [0.25, 0.3) is 0 Å². The van der Waals surface area contributed by atoms with Crippen LogP contribution in [0, 0.1) is 0 Å². The minimum atomic E-state index is -1.39. The normalized spacial score (nSPS) is 12.1. The minimum Gasteiger partial charge on any atom is -0.465 e. The number of anilines is 2. The van der Waals surface area contributed by atoms with Gasteiger partial charge in [0, 0.05) is 10.7 Å². The topological polar surface area (TPSA) is 162 Å². The first-order chi connectivity index (χ1) is 14.5. The van der Waals surface area contributed by atoms with E-state index in [-0.39, 0.29) is 17.3 Å². The molecule has 30 heavy (non-hydrogen) atoms. The lowest BCUT2D eigenvalue weighted by Crippen LogP contribution is -2.36. The molecule has 1 atom stereocenters. The Hall–Kier alpha value is -4.12. The van der Waals surface area contributed by atoms with E-state index in [0.717, 1.165) is 0 Å². The summed E-state index contributed by atoms with van der Waals surface area (Å²) in [4.78, 5) is 23.9. The molecule has 0 aliphatic rings. The number of carbonyl (C=O) groups is 2. The number of hydrogen-bond donors (Lipinski definition) is 5. The predicted molar refractivity (Wildman–Crippen MR) is 107 cm³/mol. The van der Waals surface area contributed by atoms with E-state index in [0.29, 0.717) is 16.3 Å². The highest BCUT2D eigenvalue weighted by molar-refractivity contribution is 6.31. The van der Waals surface area contributed by atoms with Crippen molar-refractivity contribution in [1.82, 2.24) is 15.6 Å². The Morgan fingerprint density at radius 1 is 1.07 bits per heavy atom. The van der Waals surface area contributed by atoms with Crippen molar-refractivity contribution in [2.24, 2.45) is 5.16 Å². The van der Waals surface area contributed by atoms with Crippen molar-refractivity contribution in [2.75, 3.05) is 10.6 Å². The SMILES string of the molecule is O=C(O)NC(C(=O)Nc1nonc1/C(=N\O)Nc1cccc(Cl)c1)c1ccccc1. The summed E-state index contributed by atoms with van der Waals surface area (Å²) in [6, 6.07) is 13.5. The van der Waals surface area contributed by atoms with Gasteiger partial charge in [-0.05, 0) is 34.1 Å². The molecule has 0 spiro atoms. The quantitative estimate of drug-likeness (QED) is 0.172. The Kier molecular flexibility index (Phi) is 6.45. The van der Waals surface area contributed by atoms with Crippen molar-refractivity contribution in [3.8, 4) is 0 Å². The smallest absolute Gasteiger partial charge is 0.405 e. The van der Waals surface area contributed by atoms with Crippen LogP contribution in [0.4, 0.5) is 16.3 Å². The number of nitrogens with one attached hydrogen (secondary N) is 3. The van der Waals surface area contributed by atoms with Gasteiger partial charge in [-0.1, -0.05) is 53.2 Å². The van der Waals surface area contributed by atoms with Gasteiger partial charge >= 0.3 is 6.09 Å². The summed E-state index contributed by atoms with van der Waals surface area (Å²) in [5.74, 6) is -1.12. The summed E-state index contributed by atoms with van der Waals surface area (Å²) in [7, 11) is 0. The van der Waals surface area contributed by atoms with E-state index in [1.54, 1.807) is 54.6 Å². The van der Waals surface area contributed by atoms with Crippen LogP contribution in [0.15, 0.2) is 64.4 Å². The highest BCUT2D eigenvalue weighted by Gasteiger charge is 2.26. The maximum absolute atomic E-state index is 12.7. The summed E-state index contributed by atoms with van der Waals surface area (Å²) in [5.41, 5.74) is 0.766. The fourth-order valence-corrected chi connectivity index (χ4v) is 2.71. The number of oxime groups is 1. The van der Waals surface area contributed by atoms with Crippen LogP contribution >= 0.6 is 11.6 Å². The van der Waals surface area contributed by atoms with Crippen LogP contribution in [0.1, 0.15) is 17.3 Å². The third-order valence-corrected chi connectivity index (χ3v) is 4.04. The highest BCUT2D eigenvalue weighted by Crippen LogP contribution is 2.20. The second-order valence-electron chi connectivity index (χ2n) is 5.83. The van der Waals surface area contributed by atoms with Crippen LogP contribution in [0.3, 0.4) is 0 Å². The lowest BCUT2D eigenvalue weighted by atomic mass is 10.1. The molecule has 2 aromatic carbocycles. The van der Waals surface area contributed by atoms with E-state index < -0.39 is 18.0 Å². The molecule has 0 bridgehead atoms. The monoisotopic (exact) mass is 430 g/mol. The van der Waals surface area contributed by atoms with Gasteiger partial charge in [-0.3, -0.25) is 4.79 Å². The maximum Gasteiger partial charge on any atom is 0.405 e. The van der Waals surface area contributed by atoms with E-state index in [4.69, 9.17) is 16.7 Å². The van der Waals surface area contributed by atoms with Gasteiger partial charge < -0.3 is 26.3 Å². The molecule has 3 aromatic rings. The Balaban J connectivity index is 1.82. The van der Waals surface area contributed by atoms with Crippen molar-refractivity contribution in [3.05, 3.63) is 70.9 Å². The minimum absolute atomic E-state index is 0.118. The molecule has 0 saturated heterocycles. The van der Waals surface area contributed by atoms with E-state index in [1.807, 2.05) is 0 Å². The number of carboxylic acid groups (broad SMARTS) is 1. The zero-order valence-corrected chi connectivity index (χ0v) is 15.9. The van der Waals surface area contributed by atoms with E-state index in [1.165, 1.54) is 0 Å². The van der Waals surface area contributed by atoms with Gasteiger partial charge in [0.05, 0.1) is 0 Å². The molecule has 0 saturated carbocycles. The Morgan fingerprint density at radius 3 is 2.50 bits per heavy atom. The largest absolute Gasteiger partial charge is 0.465 e. The number of rotatable bonds is 6. The van der Waals surface area contributed by atoms with Crippen molar-refractivity contribution < 1.29 is 24.5 Å². The number of benzene rings is 2. The first-order valence-electron chi connectivity index (χ1n) is 8.40. The van der Waals surface area contributed by atoms with Gasteiger partial charge in [0.2, 0.25) is 11.7 Å². The van der Waals surface area contributed by atoms with E-state index in [9.17, 15) is 14.8 Å². The average molecular weight is 431 g/mol. The number of amidine groups is 1. The molecular weight excluding hydrogens is 416 g/mol. The molecule has 11 nitrogen and oxygen atoms in total. The van der Waals surface area contributed by atoms with Crippen molar-refractivity contribution in [2.45, 2.75) is 6.04 Å². The van der Waals surface area contributed by atoms with Crippen LogP contribution in [0.5, 0.6) is 0 Å². The first-order valence-corrected chi connectivity index (χ1v) is 8.78. The average Bonchev–Trinajstić information content (AvgIpc) is 3.18. The summed E-state index contributed by atoms with van der Waals surface area (Å²) >= 11 is 5.93. The number of halogens is 1. The Labute approximate surface area is 174 Å². The van der Waals surface area contributed by atoms with Crippen LogP contribution < -0.4 is 16.0 Å². The fourth-order valence-electron chi connectivity index (χ4n) is 2.52. The van der Waals surface area contributed by atoms with Crippen molar-refractivity contribution >= 4 is 40.9 Å². The van der Waals surface area contributed by atoms with Crippen molar-refractivity contribution in [3.63, 3.8) is 0 Å². The molecule has 0 aliphatic carbocycles. The molecule has 12 heteroatoms. The number of nitrogens with zero attached hydrogens (tertiary/aromatic N) is 3. The molecule has 2 amide bonds. The maximum atomic E-state index is 12.7. The lowest BCUT2D eigenvalue weighted by Gasteiger charge is -2.16. The van der Waals surface area contributed by atoms with Gasteiger partial charge in [0.1, 0.15) is 6.04 Å². The molecule has 5 N–H and O–H groups in total. The summed E-state index contributed by atoms with van der Waals surface area (Å²) in [6.45, 7) is 0. The second kappa shape index (κ2) is 9.39. The summed E-state index contributed by atoms with van der Waals surface area (Å²) in [5, 5.41) is 36.5. The van der Waals surface area contributed by atoms with Crippen LogP contribution in [-0.2, 0) is 4.79 Å².